The maximum atomic E-state index is 4.30. The number of rotatable bonds is 1. The van der Waals surface area contributed by atoms with E-state index >= 15 is 0 Å². The molecule has 0 bridgehead atoms. The SMILES string of the molecule is Ic1ccc([C]2CC2)nc1. The molecule has 0 aliphatic heterocycles. The number of nitrogens with zero attached hydrogens (tertiary/aromatic N) is 1. The van der Waals surface area contributed by atoms with Crippen LogP contribution in [0.15, 0.2) is 18.3 Å². The van der Waals surface area contributed by atoms with E-state index in [1.165, 1.54) is 28.0 Å². The second kappa shape index (κ2) is 2.49. The van der Waals surface area contributed by atoms with Crippen LogP contribution in [-0.4, -0.2) is 4.98 Å². The van der Waals surface area contributed by atoms with E-state index < -0.39 is 0 Å². The topological polar surface area (TPSA) is 12.9 Å². The van der Waals surface area contributed by atoms with Gasteiger partial charge in [0, 0.05) is 21.4 Å². The van der Waals surface area contributed by atoms with Gasteiger partial charge < -0.3 is 0 Å². The van der Waals surface area contributed by atoms with Crippen LogP contribution in [0.3, 0.4) is 0 Å². The molecule has 2 rings (SSSR count). The lowest BCUT2D eigenvalue weighted by Crippen LogP contribution is -1.85. The third-order valence-electron chi connectivity index (χ3n) is 1.59. The highest BCUT2D eigenvalue weighted by molar-refractivity contribution is 14.1. The van der Waals surface area contributed by atoms with Crippen LogP contribution in [-0.2, 0) is 0 Å². The monoisotopic (exact) mass is 244 g/mol. The molecule has 1 saturated carbocycles. The van der Waals surface area contributed by atoms with Gasteiger partial charge in [0.25, 0.3) is 0 Å². The summed E-state index contributed by atoms with van der Waals surface area (Å²) in [4.78, 5) is 4.30. The van der Waals surface area contributed by atoms with E-state index in [9.17, 15) is 0 Å². The van der Waals surface area contributed by atoms with Gasteiger partial charge in [0.1, 0.15) is 0 Å². The molecule has 1 aliphatic carbocycles. The van der Waals surface area contributed by atoms with Crippen LogP contribution < -0.4 is 0 Å². The molecule has 2 heteroatoms. The Balaban J connectivity index is 2.28. The molecular formula is C8H7IN. The summed E-state index contributed by atoms with van der Waals surface area (Å²) in [6.07, 6.45) is 4.43. The van der Waals surface area contributed by atoms with E-state index in [2.05, 4.69) is 39.7 Å². The summed E-state index contributed by atoms with van der Waals surface area (Å²) >= 11 is 2.27. The first-order valence-corrected chi connectivity index (χ1v) is 4.41. The number of aromatic nitrogens is 1. The first kappa shape index (κ1) is 6.58. The molecule has 0 N–H and O–H groups in total. The van der Waals surface area contributed by atoms with Crippen LogP contribution in [0.5, 0.6) is 0 Å². The fourth-order valence-corrected chi connectivity index (χ4v) is 1.22. The number of hydrogen-bond acceptors (Lipinski definition) is 1. The van der Waals surface area contributed by atoms with Crippen LogP contribution in [0.2, 0.25) is 0 Å². The van der Waals surface area contributed by atoms with Gasteiger partial charge in [-0.15, -0.1) is 0 Å². The minimum Gasteiger partial charge on any atom is -0.260 e. The van der Waals surface area contributed by atoms with Crippen molar-refractivity contribution in [3.8, 4) is 0 Å². The molecule has 1 aromatic rings. The zero-order chi connectivity index (χ0) is 6.97. The Morgan fingerprint density at radius 1 is 1.30 bits per heavy atom. The van der Waals surface area contributed by atoms with Gasteiger partial charge in [-0.3, -0.25) is 4.98 Å². The van der Waals surface area contributed by atoms with E-state index in [0.29, 0.717) is 0 Å². The Morgan fingerprint density at radius 3 is 2.60 bits per heavy atom. The minimum absolute atomic E-state index is 1.19. The summed E-state index contributed by atoms with van der Waals surface area (Å²) in [6.45, 7) is 0. The Morgan fingerprint density at radius 2 is 2.10 bits per heavy atom. The van der Waals surface area contributed by atoms with Crippen LogP contribution in [0.25, 0.3) is 0 Å². The predicted octanol–water partition coefficient (Wildman–Crippen LogP) is 2.40. The summed E-state index contributed by atoms with van der Waals surface area (Å²) in [5.74, 6) is 1.51. The molecule has 0 atom stereocenters. The van der Waals surface area contributed by atoms with Gasteiger partial charge in [-0.05, 0) is 47.6 Å². The standard InChI is InChI=1S/C8H7IN/c9-7-3-4-8(10-5-7)6-1-2-6/h3-5H,1-2H2. The zero-order valence-electron chi connectivity index (χ0n) is 5.47. The number of halogens is 1. The van der Waals surface area contributed by atoms with Crippen LogP contribution in [0.1, 0.15) is 18.5 Å². The smallest absolute Gasteiger partial charge is 0.0475 e. The average Bonchev–Trinajstić information content (AvgIpc) is 2.71. The maximum Gasteiger partial charge on any atom is 0.0475 e. The highest BCUT2D eigenvalue weighted by Crippen LogP contribution is 2.37. The molecule has 0 saturated heterocycles. The number of pyridine rings is 1. The minimum atomic E-state index is 1.19. The lowest BCUT2D eigenvalue weighted by Gasteiger charge is -1.93. The summed E-state index contributed by atoms with van der Waals surface area (Å²) in [5.41, 5.74) is 1.19. The van der Waals surface area contributed by atoms with Crippen LogP contribution in [0, 0.1) is 9.49 Å². The van der Waals surface area contributed by atoms with Crippen molar-refractivity contribution in [2.75, 3.05) is 0 Å². The quantitative estimate of drug-likeness (QED) is 0.691. The van der Waals surface area contributed by atoms with Gasteiger partial charge in [0.2, 0.25) is 0 Å². The molecule has 51 valence electrons. The van der Waals surface area contributed by atoms with Crippen molar-refractivity contribution in [1.82, 2.24) is 4.98 Å². The molecule has 1 radical (unpaired) electrons. The highest BCUT2D eigenvalue weighted by Gasteiger charge is 2.25. The van der Waals surface area contributed by atoms with E-state index in [-0.39, 0.29) is 0 Å². The lowest BCUT2D eigenvalue weighted by atomic mass is 10.3. The van der Waals surface area contributed by atoms with E-state index in [0.717, 1.165) is 0 Å². The van der Waals surface area contributed by atoms with Gasteiger partial charge in [0.05, 0.1) is 0 Å². The van der Waals surface area contributed by atoms with Crippen molar-refractivity contribution in [3.05, 3.63) is 33.5 Å². The van der Waals surface area contributed by atoms with E-state index in [1.54, 1.807) is 0 Å². The largest absolute Gasteiger partial charge is 0.260 e. The van der Waals surface area contributed by atoms with Crippen molar-refractivity contribution < 1.29 is 0 Å². The number of hydrogen-bond donors (Lipinski definition) is 0. The third-order valence-corrected chi connectivity index (χ3v) is 2.23. The Labute approximate surface area is 74.0 Å². The summed E-state index contributed by atoms with van der Waals surface area (Å²) in [5, 5.41) is 0. The second-order valence-electron chi connectivity index (χ2n) is 2.47. The zero-order valence-corrected chi connectivity index (χ0v) is 7.63. The van der Waals surface area contributed by atoms with Gasteiger partial charge in [-0.1, -0.05) is 0 Å². The fraction of sp³-hybridized carbons (Fsp3) is 0.250. The van der Waals surface area contributed by atoms with Crippen molar-refractivity contribution in [3.63, 3.8) is 0 Å². The average molecular weight is 244 g/mol. The van der Waals surface area contributed by atoms with E-state index in [1.807, 2.05) is 6.20 Å². The molecule has 0 spiro atoms. The molecule has 1 aliphatic rings. The fourth-order valence-electron chi connectivity index (χ4n) is 0.904. The van der Waals surface area contributed by atoms with Crippen molar-refractivity contribution in [2.45, 2.75) is 12.8 Å². The normalized spacial score (nSPS) is 17.3. The van der Waals surface area contributed by atoms with E-state index in [4.69, 9.17) is 0 Å². The van der Waals surface area contributed by atoms with Gasteiger partial charge in [-0.25, -0.2) is 0 Å². The highest BCUT2D eigenvalue weighted by atomic mass is 127. The summed E-state index contributed by atoms with van der Waals surface area (Å²) in [7, 11) is 0. The molecule has 1 aromatic heterocycles. The van der Waals surface area contributed by atoms with Crippen molar-refractivity contribution >= 4 is 22.6 Å². The third kappa shape index (κ3) is 1.31. The second-order valence-corrected chi connectivity index (χ2v) is 3.71. The molecule has 1 heterocycles. The van der Waals surface area contributed by atoms with Gasteiger partial charge in [-0.2, -0.15) is 0 Å². The maximum absolute atomic E-state index is 4.30. The van der Waals surface area contributed by atoms with Gasteiger partial charge in [0.15, 0.2) is 0 Å². The summed E-state index contributed by atoms with van der Waals surface area (Å²) < 4.78 is 1.21. The van der Waals surface area contributed by atoms with Crippen LogP contribution in [0.4, 0.5) is 0 Å². The molecule has 1 fully saturated rings. The summed E-state index contributed by atoms with van der Waals surface area (Å²) in [6, 6.07) is 4.21. The van der Waals surface area contributed by atoms with Crippen LogP contribution >= 0.6 is 22.6 Å². The predicted molar refractivity (Wildman–Crippen MR) is 48.5 cm³/mol. The molecule has 10 heavy (non-hydrogen) atoms. The van der Waals surface area contributed by atoms with Crippen molar-refractivity contribution in [2.24, 2.45) is 0 Å². The first-order valence-electron chi connectivity index (χ1n) is 3.33. The molecule has 0 unspecified atom stereocenters. The van der Waals surface area contributed by atoms with Gasteiger partial charge >= 0.3 is 0 Å². The van der Waals surface area contributed by atoms with Crippen molar-refractivity contribution in [1.29, 1.82) is 0 Å². The Bertz CT molecular complexity index is 226. The molecule has 0 amide bonds. The molecule has 0 aromatic carbocycles. The first-order chi connectivity index (χ1) is 4.86. The molecular weight excluding hydrogens is 237 g/mol. The Kier molecular flexibility index (Phi) is 1.64. The lowest BCUT2D eigenvalue weighted by molar-refractivity contribution is 1.18. The Hall–Kier alpha value is -0.120. The molecule has 1 nitrogen and oxygen atoms in total.